The van der Waals surface area contributed by atoms with Crippen molar-refractivity contribution in [3.8, 4) is 0 Å². The van der Waals surface area contributed by atoms with E-state index in [0.29, 0.717) is 34.0 Å². The number of unbranched alkanes of at least 4 members (excludes halogenated alkanes) is 16. The summed E-state index contributed by atoms with van der Waals surface area (Å²) in [7, 11) is 0. The number of allylic oxidation sites excluding steroid dienone is 1. The topological polar surface area (TPSA) is 26.3 Å². The number of carbonyl (C=O) groups excluding carboxylic acids is 1. The normalized spacial score (nSPS) is 39.2. The minimum absolute atomic E-state index is 0.0393. The van der Waals surface area contributed by atoms with Gasteiger partial charge in [-0.1, -0.05) is 163 Å². The molecule has 300 valence electrons. The molecule has 10 unspecified atom stereocenters. The van der Waals surface area contributed by atoms with Gasteiger partial charge in [0.1, 0.15) is 6.10 Å². The summed E-state index contributed by atoms with van der Waals surface area (Å²) in [5.41, 5.74) is 3.18. The van der Waals surface area contributed by atoms with Gasteiger partial charge in [-0.2, -0.15) is 0 Å². The van der Waals surface area contributed by atoms with E-state index in [4.69, 9.17) is 4.74 Å². The number of ether oxygens (including phenoxy) is 1. The van der Waals surface area contributed by atoms with Crippen LogP contribution >= 0.6 is 0 Å². The molecule has 5 rings (SSSR count). The molecule has 0 heterocycles. The Balaban J connectivity index is 1.02. The fraction of sp³-hybridized carbons (Fsp3) is 0.940. The molecular formula is C50H88O2. The zero-order valence-corrected chi connectivity index (χ0v) is 36.3. The number of carbonyl (C=O) groups is 1. The van der Waals surface area contributed by atoms with Gasteiger partial charge in [0.15, 0.2) is 0 Å². The van der Waals surface area contributed by atoms with E-state index in [1.807, 2.05) is 0 Å². The molecule has 0 saturated heterocycles. The Hall–Kier alpha value is -0.790. The van der Waals surface area contributed by atoms with E-state index >= 15 is 0 Å². The predicted octanol–water partition coefficient (Wildman–Crippen LogP) is 15.6. The van der Waals surface area contributed by atoms with Crippen molar-refractivity contribution in [1.29, 1.82) is 0 Å². The van der Waals surface area contributed by atoms with E-state index in [1.165, 1.54) is 166 Å². The van der Waals surface area contributed by atoms with Crippen LogP contribution in [-0.4, -0.2) is 12.1 Å². The van der Waals surface area contributed by atoms with Gasteiger partial charge in [0.2, 0.25) is 0 Å². The van der Waals surface area contributed by atoms with Crippen LogP contribution in [0.5, 0.6) is 0 Å². The highest BCUT2D eigenvalue weighted by Crippen LogP contribution is 2.77. The Kier molecular flexibility index (Phi) is 14.7. The van der Waals surface area contributed by atoms with Gasteiger partial charge in [-0.05, 0) is 129 Å². The van der Waals surface area contributed by atoms with E-state index in [-0.39, 0.29) is 17.5 Å². The molecular weight excluding hydrogens is 633 g/mol. The van der Waals surface area contributed by atoms with Crippen LogP contribution in [0.15, 0.2) is 12.2 Å². The molecule has 0 aromatic carbocycles. The number of rotatable bonds is 20. The first-order valence-electron chi connectivity index (χ1n) is 23.6. The number of fused-ring (bicyclic) bond motifs is 7. The molecule has 2 heteroatoms. The van der Waals surface area contributed by atoms with Crippen LogP contribution in [0.3, 0.4) is 0 Å². The van der Waals surface area contributed by atoms with E-state index in [2.05, 4.69) is 62.0 Å². The van der Waals surface area contributed by atoms with Gasteiger partial charge in [0.25, 0.3) is 0 Å². The summed E-state index contributed by atoms with van der Waals surface area (Å²) in [6.45, 7) is 25.0. The highest BCUT2D eigenvalue weighted by molar-refractivity contribution is 5.69. The van der Waals surface area contributed by atoms with Crippen molar-refractivity contribution in [1.82, 2.24) is 0 Å². The van der Waals surface area contributed by atoms with Crippen LogP contribution in [0.1, 0.15) is 235 Å². The molecule has 10 atom stereocenters. The summed E-state index contributed by atoms with van der Waals surface area (Å²) in [6.07, 6.45) is 37.3. The number of esters is 1. The molecule has 0 radical (unpaired) electrons. The van der Waals surface area contributed by atoms with Gasteiger partial charge in [-0.3, -0.25) is 4.79 Å². The Morgan fingerprint density at radius 2 is 1.15 bits per heavy atom. The molecule has 5 aliphatic rings. The molecule has 0 aromatic rings. The summed E-state index contributed by atoms with van der Waals surface area (Å²) in [5.74, 6) is 3.89. The first-order valence-corrected chi connectivity index (χ1v) is 23.6. The van der Waals surface area contributed by atoms with Gasteiger partial charge in [0, 0.05) is 11.8 Å². The van der Waals surface area contributed by atoms with Crippen molar-refractivity contribution in [2.45, 2.75) is 241 Å². The lowest BCUT2D eigenvalue weighted by atomic mass is 9.32. The summed E-state index contributed by atoms with van der Waals surface area (Å²) < 4.78 is 6.44. The molecule has 2 nitrogen and oxygen atoms in total. The third-order valence-corrected chi connectivity index (χ3v) is 18.2. The number of hydrogen-bond acceptors (Lipinski definition) is 2. The van der Waals surface area contributed by atoms with Crippen molar-refractivity contribution in [2.24, 2.45) is 56.7 Å². The van der Waals surface area contributed by atoms with E-state index in [0.717, 1.165) is 36.5 Å². The maximum Gasteiger partial charge on any atom is 0.306 e. The summed E-state index contributed by atoms with van der Waals surface area (Å²) >= 11 is 0. The lowest BCUT2D eigenvalue weighted by Gasteiger charge is -2.73. The zero-order chi connectivity index (χ0) is 37.6. The summed E-state index contributed by atoms with van der Waals surface area (Å²) in [6, 6.07) is 0. The quantitative estimate of drug-likeness (QED) is 0.0711. The monoisotopic (exact) mass is 721 g/mol. The third kappa shape index (κ3) is 8.62. The SMILES string of the molecule is C=C(C)C1CCC2(C)CCC3(C)C(CCC4C5(C)CCC(OC(=O)CCCCCCCCCCCCCCCCCCC)C(C)(C)C5CCC43C)C12. The van der Waals surface area contributed by atoms with Crippen LogP contribution in [0.2, 0.25) is 0 Å². The first kappa shape index (κ1) is 42.4. The second kappa shape index (κ2) is 18.0. The summed E-state index contributed by atoms with van der Waals surface area (Å²) in [4.78, 5) is 13.2. The van der Waals surface area contributed by atoms with Crippen molar-refractivity contribution in [3.05, 3.63) is 12.2 Å². The molecule has 5 aliphatic carbocycles. The first-order chi connectivity index (χ1) is 24.7. The Labute approximate surface area is 324 Å². The maximum absolute atomic E-state index is 13.2. The lowest BCUT2D eigenvalue weighted by molar-refractivity contribution is -0.249. The smallest absolute Gasteiger partial charge is 0.306 e. The van der Waals surface area contributed by atoms with Crippen molar-refractivity contribution < 1.29 is 9.53 Å². The second-order valence-electron chi connectivity index (χ2n) is 21.6. The van der Waals surface area contributed by atoms with Gasteiger partial charge in [-0.15, -0.1) is 0 Å². The van der Waals surface area contributed by atoms with Crippen molar-refractivity contribution >= 4 is 5.97 Å². The van der Waals surface area contributed by atoms with Crippen LogP contribution in [0, 0.1) is 56.7 Å². The fourth-order valence-corrected chi connectivity index (χ4v) is 14.9. The molecule has 0 amide bonds. The van der Waals surface area contributed by atoms with Gasteiger partial charge in [-0.25, -0.2) is 0 Å². The van der Waals surface area contributed by atoms with E-state index in [1.54, 1.807) is 0 Å². The van der Waals surface area contributed by atoms with E-state index < -0.39 is 0 Å². The Bertz CT molecular complexity index is 1150. The van der Waals surface area contributed by atoms with Gasteiger partial charge >= 0.3 is 5.97 Å². The lowest BCUT2D eigenvalue weighted by Crippen LogP contribution is -2.66. The Morgan fingerprint density at radius 1 is 0.596 bits per heavy atom. The van der Waals surface area contributed by atoms with Crippen LogP contribution < -0.4 is 0 Å². The van der Waals surface area contributed by atoms with Crippen LogP contribution in [0.4, 0.5) is 0 Å². The standard InChI is InChI=1S/C50H88O2/c1-10-11-12-13-14-15-16-17-18-19-20-21-22-23-24-25-26-27-44(51)52-43-32-34-48(7)41(46(43,4)5)31-35-50(9)42(48)29-28-40-45-39(38(2)3)30-33-47(45,6)36-37-49(40,50)8/h39-43,45H,2,10-37H2,1,3-9H3. The minimum Gasteiger partial charge on any atom is -0.462 e. The molecule has 0 aliphatic heterocycles. The average molecular weight is 721 g/mol. The molecule has 5 fully saturated rings. The molecule has 0 aromatic heterocycles. The highest BCUT2D eigenvalue weighted by atomic mass is 16.5. The average Bonchev–Trinajstić information content (AvgIpc) is 3.45. The minimum atomic E-state index is 0.0393. The van der Waals surface area contributed by atoms with E-state index in [9.17, 15) is 4.79 Å². The predicted molar refractivity (Wildman–Crippen MR) is 223 cm³/mol. The Morgan fingerprint density at radius 3 is 1.71 bits per heavy atom. The second-order valence-corrected chi connectivity index (χ2v) is 21.6. The highest BCUT2D eigenvalue weighted by Gasteiger charge is 2.70. The fourth-order valence-electron chi connectivity index (χ4n) is 14.9. The van der Waals surface area contributed by atoms with Crippen LogP contribution in [0.25, 0.3) is 0 Å². The number of hydrogen-bond donors (Lipinski definition) is 0. The summed E-state index contributed by atoms with van der Waals surface area (Å²) in [5, 5.41) is 0. The molecule has 0 bridgehead atoms. The van der Waals surface area contributed by atoms with Crippen molar-refractivity contribution in [2.75, 3.05) is 0 Å². The van der Waals surface area contributed by atoms with Crippen molar-refractivity contribution in [3.63, 3.8) is 0 Å². The molecule has 0 spiro atoms. The zero-order valence-electron chi connectivity index (χ0n) is 36.3. The van der Waals surface area contributed by atoms with Crippen LogP contribution in [-0.2, 0) is 9.53 Å². The molecule has 52 heavy (non-hydrogen) atoms. The molecule has 5 saturated carbocycles. The third-order valence-electron chi connectivity index (χ3n) is 18.2. The van der Waals surface area contributed by atoms with Gasteiger partial charge < -0.3 is 4.74 Å². The largest absolute Gasteiger partial charge is 0.462 e. The maximum atomic E-state index is 13.2. The van der Waals surface area contributed by atoms with Gasteiger partial charge in [0.05, 0.1) is 0 Å². The molecule has 0 N–H and O–H groups in total.